The monoisotopic (exact) mass is 312 g/mol. The lowest BCUT2D eigenvalue weighted by Gasteiger charge is -2.45. The van der Waals surface area contributed by atoms with E-state index in [2.05, 4.69) is 53.7 Å². The van der Waals surface area contributed by atoms with E-state index in [4.69, 9.17) is 0 Å². The van der Waals surface area contributed by atoms with Crippen LogP contribution < -0.4 is 0 Å². The molecule has 0 aliphatic rings. The molecule has 0 aromatic rings. The highest BCUT2D eigenvalue weighted by Crippen LogP contribution is 2.55. The van der Waals surface area contributed by atoms with Crippen molar-refractivity contribution in [3.63, 3.8) is 0 Å². The Morgan fingerprint density at radius 2 is 0.950 bits per heavy atom. The van der Waals surface area contributed by atoms with Crippen molar-refractivity contribution >= 4 is 23.5 Å². The number of nitriles is 2. The van der Waals surface area contributed by atoms with Crippen LogP contribution in [0.25, 0.3) is 0 Å². The minimum absolute atomic E-state index is 0.0541. The quantitative estimate of drug-likeness (QED) is 0.682. The summed E-state index contributed by atoms with van der Waals surface area (Å²) in [7, 11) is 0. The van der Waals surface area contributed by atoms with Crippen molar-refractivity contribution in [2.75, 3.05) is 0 Å². The van der Waals surface area contributed by atoms with E-state index in [-0.39, 0.29) is 9.49 Å². The first-order chi connectivity index (χ1) is 8.91. The lowest BCUT2D eigenvalue weighted by atomic mass is 9.88. The molecule has 0 N–H and O–H groups in total. The van der Waals surface area contributed by atoms with Gasteiger partial charge in [-0.3, -0.25) is 0 Å². The first-order valence-corrected chi connectivity index (χ1v) is 8.77. The van der Waals surface area contributed by atoms with Crippen molar-refractivity contribution in [3.8, 4) is 12.1 Å². The lowest BCUT2D eigenvalue weighted by molar-refractivity contribution is 0.539. The minimum atomic E-state index is -0.688. The van der Waals surface area contributed by atoms with E-state index in [0.717, 1.165) is 0 Å². The van der Waals surface area contributed by atoms with Crippen LogP contribution in [0.3, 0.4) is 0 Å². The van der Waals surface area contributed by atoms with E-state index < -0.39 is 9.49 Å². The molecule has 114 valence electrons. The highest BCUT2D eigenvalue weighted by Gasteiger charge is 2.54. The Kier molecular flexibility index (Phi) is 6.52. The highest BCUT2D eigenvalue weighted by molar-refractivity contribution is 8.06. The summed E-state index contributed by atoms with van der Waals surface area (Å²) in [6, 6.07) is 5.01. The molecule has 2 atom stereocenters. The summed E-state index contributed by atoms with van der Waals surface area (Å²) in [5.41, 5.74) is 0. The zero-order valence-corrected chi connectivity index (χ0v) is 15.8. The van der Waals surface area contributed by atoms with Gasteiger partial charge in [0, 0.05) is 9.49 Å². The molecule has 2 unspecified atom stereocenters. The van der Waals surface area contributed by atoms with Crippen molar-refractivity contribution in [2.24, 2.45) is 0 Å². The molecule has 0 radical (unpaired) electrons. The third-order valence-corrected chi connectivity index (χ3v) is 6.48. The molecule has 0 heterocycles. The molecular formula is C16H28N2S2. The zero-order chi connectivity index (χ0) is 16.2. The zero-order valence-electron chi connectivity index (χ0n) is 14.1. The average Bonchev–Trinajstić information content (AvgIpc) is 2.30. The van der Waals surface area contributed by atoms with E-state index in [1.165, 1.54) is 0 Å². The van der Waals surface area contributed by atoms with E-state index in [9.17, 15) is 10.5 Å². The minimum Gasteiger partial charge on any atom is -0.197 e. The van der Waals surface area contributed by atoms with Crippen LogP contribution in [0.5, 0.6) is 0 Å². The molecule has 0 bridgehead atoms. The average molecular weight is 313 g/mol. The van der Waals surface area contributed by atoms with Gasteiger partial charge in [-0.2, -0.15) is 10.5 Å². The molecule has 0 fully saturated rings. The number of nitrogens with zero attached hydrogens (tertiary/aromatic N) is 2. The second-order valence-corrected chi connectivity index (χ2v) is 11.3. The molecule has 0 rings (SSSR count). The number of thioether (sulfide) groups is 2. The molecule has 0 aliphatic carbocycles. The van der Waals surface area contributed by atoms with Gasteiger partial charge in [-0.1, -0.05) is 55.4 Å². The van der Waals surface area contributed by atoms with Gasteiger partial charge in [0.2, 0.25) is 0 Å². The molecule has 0 aromatic carbocycles. The highest BCUT2D eigenvalue weighted by atomic mass is 32.2. The van der Waals surface area contributed by atoms with Crippen molar-refractivity contribution in [1.29, 1.82) is 10.5 Å². The fraction of sp³-hybridized carbons (Fsp3) is 0.875. The van der Waals surface area contributed by atoms with Gasteiger partial charge in [0.25, 0.3) is 0 Å². The van der Waals surface area contributed by atoms with Crippen LogP contribution in [0.2, 0.25) is 0 Å². The smallest absolute Gasteiger partial charge is 0.130 e. The summed E-state index contributed by atoms with van der Waals surface area (Å²) >= 11 is 3.28. The Morgan fingerprint density at radius 3 is 1.05 bits per heavy atom. The van der Waals surface area contributed by atoms with Crippen molar-refractivity contribution in [2.45, 2.75) is 87.2 Å². The van der Waals surface area contributed by atoms with E-state index in [0.29, 0.717) is 12.8 Å². The van der Waals surface area contributed by atoms with Crippen molar-refractivity contribution in [3.05, 3.63) is 0 Å². The van der Waals surface area contributed by atoms with E-state index in [1.807, 2.05) is 13.8 Å². The molecule has 0 saturated heterocycles. The van der Waals surface area contributed by atoms with Crippen LogP contribution >= 0.6 is 23.5 Å². The maximum atomic E-state index is 9.90. The Balaban J connectivity index is 5.95. The number of hydrogen-bond donors (Lipinski definition) is 0. The third kappa shape index (κ3) is 4.61. The Hall–Kier alpha value is -0.320. The molecule has 20 heavy (non-hydrogen) atoms. The van der Waals surface area contributed by atoms with Gasteiger partial charge in [0.05, 0.1) is 12.1 Å². The molecule has 0 spiro atoms. The van der Waals surface area contributed by atoms with Crippen LogP contribution in [0.4, 0.5) is 0 Å². The lowest BCUT2D eigenvalue weighted by Crippen LogP contribution is -2.50. The first kappa shape index (κ1) is 19.7. The maximum Gasteiger partial charge on any atom is 0.130 e. The van der Waals surface area contributed by atoms with Crippen molar-refractivity contribution < 1.29 is 0 Å². The van der Waals surface area contributed by atoms with Crippen LogP contribution in [0.1, 0.15) is 68.2 Å². The van der Waals surface area contributed by atoms with Gasteiger partial charge in [0.15, 0.2) is 0 Å². The Morgan fingerprint density at radius 1 is 0.700 bits per heavy atom. The maximum absolute atomic E-state index is 9.90. The third-order valence-electron chi connectivity index (χ3n) is 2.97. The summed E-state index contributed by atoms with van der Waals surface area (Å²) in [6.07, 6.45) is 1.35. The Bertz CT molecular complexity index is 366. The molecule has 2 nitrogen and oxygen atoms in total. The summed E-state index contributed by atoms with van der Waals surface area (Å²) in [5.74, 6) is 0. The molecule has 0 saturated carbocycles. The van der Waals surface area contributed by atoms with Gasteiger partial charge in [-0.15, -0.1) is 23.5 Å². The topological polar surface area (TPSA) is 47.6 Å². The van der Waals surface area contributed by atoms with Gasteiger partial charge in [0.1, 0.15) is 9.49 Å². The van der Waals surface area contributed by atoms with Crippen molar-refractivity contribution in [1.82, 2.24) is 0 Å². The van der Waals surface area contributed by atoms with Gasteiger partial charge in [-0.05, 0) is 12.8 Å². The predicted octanol–water partition coefficient (Wildman–Crippen LogP) is 5.39. The van der Waals surface area contributed by atoms with Gasteiger partial charge in [-0.25, -0.2) is 0 Å². The van der Waals surface area contributed by atoms with Crippen LogP contribution in [0.15, 0.2) is 0 Å². The second-order valence-electron chi connectivity index (χ2n) is 7.01. The molecule has 0 aromatic heterocycles. The largest absolute Gasteiger partial charge is 0.197 e. The van der Waals surface area contributed by atoms with Gasteiger partial charge < -0.3 is 0 Å². The van der Waals surface area contributed by atoms with Crippen LogP contribution in [0, 0.1) is 22.7 Å². The predicted molar refractivity (Wildman–Crippen MR) is 92.0 cm³/mol. The fourth-order valence-electron chi connectivity index (χ4n) is 2.31. The van der Waals surface area contributed by atoms with Crippen LogP contribution in [-0.2, 0) is 0 Å². The fourth-order valence-corrected chi connectivity index (χ4v) is 5.74. The number of rotatable bonds is 5. The van der Waals surface area contributed by atoms with Crippen LogP contribution in [-0.4, -0.2) is 19.0 Å². The molecule has 4 heteroatoms. The second kappa shape index (κ2) is 6.63. The first-order valence-electron chi connectivity index (χ1n) is 7.14. The van der Waals surface area contributed by atoms with E-state index in [1.54, 1.807) is 23.5 Å². The normalized spacial score (nSPS) is 18.5. The summed E-state index contributed by atoms with van der Waals surface area (Å²) in [5, 5.41) is 19.8. The Labute approximate surface area is 133 Å². The standard InChI is InChI=1S/C16H28N2S2/c1-9-15(11-17,19-13(3,4)5)16(10-2,12-18)20-14(6,7)8/h9-10H2,1-8H3. The molecule has 0 amide bonds. The number of hydrogen-bond acceptors (Lipinski definition) is 4. The summed E-state index contributed by atoms with van der Waals surface area (Å²) in [4.78, 5) is 0. The SMILES string of the molecule is CCC(C#N)(SC(C)(C)C)C(C#N)(CC)SC(C)(C)C. The molecule has 0 aliphatic heterocycles. The summed E-state index contributed by atoms with van der Waals surface area (Å²) < 4.78 is -1.48. The van der Waals surface area contributed by atoms with E-state index >= 15 is 0 Å². The van der Waals surface area contributed by atoms with Gasteiger partial charge >= 0.3 is 0 Å². The molecular weight excluding hydrogens is 284 g/mol. The summed E-state index contributed by atoms with van der Waals surface area (Å²) in [6.45, 7) is 16.7.